The molecule has 4 heterocycles. The van der Waals surface area contributed by atoms with Crippen LogP contribution in [0.1, 0.15) is 117 Å². The molecule has 6 aromatic rings. The van der Waals surface area contributed by atoms with E-state index < -0.39 is 56.8 Å². The molecule has 414 valence electrons. The smallest absolute Gasteiger partial charge is 0.274 e. The van der Waals surface area contributed by atoms with Crippen LogP contribution in [0, 0.1) is 35.1 Å². The summed E-state index contributed by atoms with van der Waals surface area (Å²) in [6, 6.07) is 24.4. The SMILES string of the molecule is CC(C)N1C[C@]2(C[C@@H]2CO)n2cc(C(=O)CCc3ccc(F)cc3F)c(=O)c(OCc3ccccc3)c2C1=O.COC[C@H]1C[C@]12CN(C(C)C)C(=O)c1c(OCc3ccccc3)c(=O)c(C(=O)CCc3ccc(F)cc3F)cn12. The molecule has 2 spiro atoms. The number of hydrogen-bond acceptors (Lipinski definition) is 10. The number of aryl methyl sites for hydroxylation is 2. The Balaban J connectivity index is 0.000000192. The number of halogens is 4. The van der Waals surface area contributed by atoms with E-state index in [0.29, 0.717) is 32.5 Å². The molecule has 4 atom stereocenters. The predicted molar refractivity (Wildman–Crippen MR) is 284 cm³/mol. The van der Waals surface area contributed by atoms with Crippen LogP contribution in [-0.4, -0.2) is 92.9 Å². The summed E-state index contributed by atoms with van der Waals surface area (Å²) >= 11 is 0. The molecule has 2 saturated carbocycles. The third kappa shape index (κ3) is 11.2. The van der Waals surface area contributed by atoms with Gasteiger partial charge in [0.2, 0.25) is 10.9 Å². The van der Waals surface area contributed by atoms with E-state index in [-0.39, 0.29) is 126 Å². The van der Waals surface area contributed by atoms with E-state index in [0.717, 1.165) is 35.4 Å². The van der Waals surface area contributed by atoms with Crippen LogP contribution in [0.25, 0.3) is 0 Å². The number of amides is 2. The number of carbonyl (C=O) groups is 4. The van der Waals surface area contributed by atoms with Crippen LogP contribution in [0.3, 0.4) is 0 Å². The second kappa shape index (κ2) is 22.9. The Labute approximate surface area is 454 Å². The van der Waals surface area contributed by atoms with E-state index in [9.17, 15) is 51.4 Å². The summed E-state index contributed by atoms with van der Waals surface area (Å²) in [6.07, 6.45) is 3.75. The highest BCUT2D eigenvalue weighted by Crippen LogP contribution is 2.55. The Morgan fingerprint density at radius 2 is 1.01 bits per heavy atom. The summed E-state index contributed by atoms with van der Waals surface area (Å²) in [6.45, 7) is 8.74. The molecule has 14 nitrogen and oxygen atoms in total. The van der Waals surface area contributed by atoms with Crippen LogP contribution < -0.4 is 20.3 Å². The zero-order valence-corrected chi connectivity index (χ0v) is 44.6. The van der Waals surface area contributed by atoms with Crippen molar-refractivity contribution in [2.75, 3.05) is 33.4 Å². The number of nitrogens with zero attached hydrogens (tertiary/aromatic N) is 4. The van der Waals surface area contributed by atoms with Crippen molar-refractivity contribution in [1.29, 1.82) is 0 Å². The number of Topliss-reactive ketones (excluding diaryl/α,β-unsaturated/α-hetero) is 2. The van der Waals surface area contributed by atoms with Crippen LogP contribution in [0.2, 0.25) is 0 Å². The lowest BCUT2D eigenvalue weighted by molar-refractivity contribution is 0.0537. The maximum absolute atomic E-state index is 14.2. The first kappa shape index (κ1) is 56.0. The molecule has 2 amide bonds. The van der Waals surface area contributed by atoms with Gasteiger partial charge in [-0.05, 0) is 87.8 Å². The van der Waals surface area contributed by atoms with Crippen molar-refractivity contribution in [2.24, 2.45) is 11.8 Å². The fraction of sp³-hybridized carbons (Fsp3) is 0.377. The number of ether oxygens (including phenoxy) is 3. The monoisotopic (exact) mass is 1090 g/mol. The standard InChI is InChI=1S/C31H32F2N2O5.C30H30F2N2O5/c1-19(2)34-18-31(14-22(31)17-39-3)35-15-24(26(36)12-10-21-9-11-23(32)13-25(21)33)28(37)29(27(35)30(34)38)40-16-20-7-5-4-6-8-20;1-18(2)33-17-30(13-21(30)15-35)34-14-23(25(36)11-9-20-8-10-22(31)12-24(20)32)27(37)28(26(34)29(33)38)39-16-19-6-4-3-5-7-19/h4-9,11,13,15,19,22H,10,12,14,16-18H2,1-3H3;3-8,10,12,14,18,21,35H,9,11,13,15-17H2,1-2H3/t22-,31+;21-,30+/m11/s1. The molecule has 79 heavy (non-hydrogen) atoms. The Kier molecular flexibility index (Phi) is 16.3. The molecule has 0 radical (unpaired) electrons. The fourth-order valence-electron chi connectivity index (χ4n) is 11.0. The van der Waals surface area contributed by atoms with Gasteiger partial charge in [-0.2, -0.15) is 0 Å². The van der Waals surface area contributed by atoms with Gasteiger partial charge in [0.15, 0.2) is 34.5 Å². The first-order valence-electron chi connectivity index (χ1n) is 26.4. The molecular weight excluding hydrogens is 1020 g/mol. The molecular formula is C61H62F4N4O10. The van der Waals surface area contributed by atoms with Gasteiger partial charge in [-0.1, -0.05) is 72.8 Å². The quantitative estimate of drug-likeness (QED) is 0.0612. The van der Waals surface area contributed by atoms with Gasteiger partial charge in [-0.15, -0.1) is 0 Å². The minimum absolute atomic E-state index is 0.00685. The average Bonchev–Trinajstić information content (AvgIpc) is 2.56. The van der Waals surface area contributed by atoms with Gasteiger partial charge in [0.25, 0.3) is 11.8 Å². The first-order valence-corrected chi connectivity index (χ1v) is 26.4. The summed E-state index contributed by atoms with van der Waals surface area (Å²) in [5, 5.41) is 10.0. The molecule has 1 N–H and O–H groups in total. The molecule has 0 unspecified atom stereocenters. The minimum atomic E-state index is -0.765. The van der Waals surface area contributed by atoms with Crippen molar-refractivity contribution in [3.8, 4) is 11.5 Å². The van der Waals surface area contributed by atoms with Gasteiger partial charge in [0.1, 0.15) is 36.5 Å². The van der Waals surface area contributed by atoms with E-state index in [1.807, 2.05) is 88.4 Å². The lowest BCUT2D eigenvalue weighted by atomic mass is 9.99. The molecule has 0 bridgehead atoms. The van der Waals surface area contributed by atoms with E-state index in [2.05, 4.69) is 0 Å². The fourth-order valence-corrected chi connectivity index (χ4v) is 11.0. The van der Waals surface area contributed by atoms with Crippen molar-refractivity contribution in [3.05, 3.63) is 198 Å². The Morgan fingerprint density at radius 1 is 0.608 bits per heavy atom. The lowest BCUT2D eigenvalue weighted by Gasteiger charge is -2.40. The molecule has 0 saturated heterocycles. The average molecular weight is 1090 g/mol. The number of rotatable bonds is 19. The highest BCUT2D eigenvalue weighted by atomic mass is 19.1. The maximum atomic E-state index is 14.2. The number of carbonyl (C=O) groups excluding carboxylic acids is 4. The number of ketones is 2. The van der Waals surface area contributed by atoms with Crippen molar-refractivity contribution < 1.29 is 56.1 Å². The van der Waals surface area contributed by atoms with Gasteiger partial charge in [0, 0.05) is 88.1 Å². The molecule has 18 heteroatoms. The second-order valence-corrected chi connectivity index (χ2v) is 21.4. The van der Waals surface area contributed by atoms with Gasteiger partial charge < -0.3 is 38.3 Å². The van der Waals surface area contributed by atoms with Crippen LogP contribution in [0.5, 0.6) is 11.5 Å². The number of aliphatic hydroxyl groups excluding tert-OH is 1. The van der Waals surface area contributed by atoms with Gasteiger partial charge in [-0.25, -0.2) is 17.6 Å². The molecule has 4 aromatic carbocycles. The van der Waals surface area contributed by atoms with E-state index >= 15 is 0 Å². The van der Waals surface area contributed by atoms with E-state index in [1.165, 1.54) is 24.5 Å². The number of pyridine rings is 2. The number of aliphatic hydroxyl groups is 1. The largest absolute Gasteiger partial charge is 0.483 e. The third-order valence-electron chi connectivity index (χ3n) is 15.7. The van der Waals surface area contributed by atoms with Crippen molar-refractivity contribution in [1.82, 2.24) is 18.9 Å². The maximum Gasteiger partial charge on any atom is 0.274 e. The van der Waals surface area contributed by atoms with Crippen LogP contribution in [-0.2, 0) is 41.9 Å². The van der Waals surface area contributed by atoms with Gasteiger partial charge >= 0.3 is 0 Å². The number of hydrogen-bond donors (Lipinski definition) is 1. The summed E-state index contributed by atoms with van der Waals surface area (Å²) in [4.78, 5) is 85.2. The van der Waals surface area contributed by atoms with Crippen molar-refractivity contribution in [2.45, 2.75) is 103 Å². The summed E-state index contributed by atoms with van der Waals surface area (Å²) in [5.41, 5.74) is -0.792. The highest BCUT2D eigenvalue weighted by molar-refractivity contribution is 6.01. The number of methoxy groups -OCH3 is 1. The van der Waals surface area contributed by atoms with E-state index in [4.69, 9.17) is 14.2 Å². The van der Waals surface area contributed by atoms with Gasteiger partial charge in [0.05, 0.1) is 28.8 Å². The number of aromatic nitrogens is 2. The minimum Gasteiger partial charge on any atom is -0.483 e. The van der Waals surface area contributed by atoms with Crippen molar-refractivity contribution >= 4 is 23.4 Å². The third-order valence-corrected chi connectivity index (χ3v) is 15.7. The second-order valence-electron chi connectivity index (χ2n) is 21.4. The zero-order valence-electron chi connectivity index (χ0n) is 44.6. The summed E-state index contributed by atoms with van der Waals surface area (Å²) < 4.78 is 75.9. The lowest BCUT2D eigenvalue weighted by Crippen LogP contribution is -2.52. The number of fused-ring (bicyclic) bond motifs is 4. The van der Waals surface area contributed by atoms with Crippen LogP contribution >= 0.6 is 0 Å². The Hall–Kier alpha value is -7.70. The molecule has 2 aliphatic carbocycles. The Morgan fingerprint density at radius 3 is 1.38 bits per heavy atom. The molecule has 4 aliphatic rings. The molecule has 2 fully saturated rings. The Bertz CT molecular complexity index is 3440. The predicted octanol–water partition coefficient (Wildman–Crippen LogP) is 8.84. The number of benzene rings is 4. The van der Waals surface area contributed by atoms with Crippen LogP contribution in [0.4, 0.5) is 17.6 Å². The van der Waals surface area contributed by atoms with Crippen molar-refractivity contribution in [3.63, 3.8) is 0 Å². The zero-order chi connectivity index (χ0) is 56.5. The molecule has 2 aliphatic heterocycles. The highest BCUT2D eigenvalue weighted by Gasteiger charge is 2.62. The molecule has 10 rings (SSSR count). The topological polar surface area (TPSA) is 167 Å². The summed E-state index contributed by atoms with van der Waals surface area (Å²) in [5.74, 6) is -5.17. The normalized spacial score (nSPS) is 19.8. The summed E-state index contributed by atoms with van der Waals surface area (Å²) in [7, 11) is 1.62. The van der Waals surface area contributed by atoms with E-state index in [1.54, 1.807) is 26.0 Å². The molecule has 2 aromatic heterocycles. The van der Waals surface area contributed by atoms with Crippen LogP contribution in [0.15, 0.2) is 119 Å². The van der Waals surface area contributed by atoms with Gasteiger partial charge in [-0.3, -0.25) is 28.8 Å². The first-order chi connectivity index (χ1) is 37.8.